The van der Waals surface area contributed by atoms with Crippen LogP contribution in [0.4, 0.5) is 10.5 Å². The molecule has 2 aromatic heterocycles. The van der Waals surface area contributed by atoms with Crippen LogP contribution < -0.4 is 15.4 Å². The molecule has 37 heavy (non-hydrogen) atoms. The van der Waals surface area contributed by atoms with E-state index in [1.807, 2.05) is 70.2 Å². The second-order valence-electron chi connectivity index (χ2n) is 9.30. The monoisotopic (exact) mass is 497 g/mol. The van der Waals surface area contributed by atoms with E-state index < -0.39 is 0 Å². The SMILES string of the molecule is COc1ccccc1CC(=O)N1CCC(c2ccc(NC(=O)NCc3ccn4ccnc4c3)cc2)CC1. The van der Waals surface area contributed by atoms with Gasteiger partial charge in [0.2, 0.25) is 5.91 Å². The molecular formula is C29H31N5O3. The number of nitrogens with zero attached hydrogens (tertiary/aromatic N) is 3. The van der Waals surface area contributed by atoms with Crippen LogP contribution in [0, 0.1) is 0 Å². The number of likely N-dealkylation sites (tertiary alicyclic amines) is 1. The van der Waals surface area contributed by atoms with Gasteiger partial charge in [0.15, 0.2) is 0 Å². The molecule has 1 saturated heterocycles. The van der Waals surface area contributed by atoms with Crippen molar-refractivity contribution in [1.29, 1.82) is 0 Å². The van der Waals surface area contributed by atoms with Crippen LogP contribution in [0.2, 0.25) is 0 Å². The minimum Gasteiger partial charge on any atom is -0.496 e. The lowest BCUT2D eigenvalue weighted by molar-refractivity contribution is -0.131. The van der Waals surface area contributed by atoms with E-state index in [1.165, 1.54) is 5.56 Å². The number of amides is 3. The number of pyridine rings is 1. The lowest BCUT2D eigenvalue weighted by Crippen LogP contribution is -2.38. The van der Waals surface area contributed by atoms with E-state index in [1.54, 1.807) is 13.3 Å². The molecule has 3 heterocycles. The smallest absolute Gasteiger partial charge is 0.319 e. The van der Waals surface area contributed by atoms with Crippen molar-refractivity contribution >= 4 is 23.3 Å². The minimum atomic E-state index is -0.252. The first-order chi connectivity index (χ1) is 18.1. The molecule has 1 aliphatic heterocycles. The topological polar surface area (TPSA) is 88.0 Å². The Morgan fingerprint density at radius 1 is 1.03 bits per heavy atom. The van der Waals surface area contributed by atoms with Crippen molar-refractivity contribution in [2.45, 2.75) is 31.7 Å². The molecule has 4 aromatic rings. The molecule has 0 bridgehead atoms. The van der Waals surface area contributed by atoms with Gasteiger partial charge in [-0.1, -0.05) is 30.3 Å². The van der Waals surface area contributed by atoms with Crippen LogP contribution in [0.15, 0.2) is 79.3 Å². The van der Waals surface area contributed by atoms with Gasteiger partial charge in [-0.15, -0.1) is 0 Å². The number of aromatic nitrogens is 2. The predicted molar refractivity (Wildman–Crippen MR) is 143 cm³/mol. The van der Waals surface area contributed by atoms with Gasteiger partial charge in [0.1, 0.15) is 11.4 Å². The normalized spacial score (nSPS) is 13.9. The predicted octanol–water partition coefficient (Wildman–Crippen LogP) is 4.61. The number of hydrogen-bond donors (Lipinski definition) is 2. The summed E-state index contributed by atoms with van der Waals surface area (Å²) in [5.41, 5.74) is 4.73. The number of piperidine rings is 1. The highest BCUT2D eigenvalue weighted by Gasteiger charge is 2.24. The van der Waals surface area contributed by atoms with Gasteiger partial charge in [-0.2, -0.15) is 0 Å². The lowest BCUT2D eigenvalue weighted by Gasteiger charge is -2.32. The summed E-state index contributed by atoms with van der Waals surface area (Å²) in [4.78, 5) is 31.4. The molecule has 8 nitrogen and oxygen atoms in total. The lowest BCUT2D eigenvalue weighted by atomic mass is 9.89. The third kappa shape index (κ3) is 5.91. The number of rotatable bonds is 7. The third-order valence-electron chi connectivity index (χ3n) is 6.94. The highest BCUT2D eigenvalue weighted by molar-refractivity contribution is 5.89. The molecular weight excluding hydrogens is 466 g/mol. The van der Waals surface area contributed by atoms with E-state index >= 15 is 0 Å². The number of nitrogens with one attached hydrogen (secondary N) is 2. The zero-order valence-electron chi connectivity index (χ0n) is 20.9. The number of carbonyl (C=O) groups excluding carboxylic acids is 2. The van der Waals surface area contributed by atoms with Crippen LogP contribution in [0.25, 0.3) is 5.65 Å². The van der Waals surface area contributed by atoms with Gasteiger partial charge in [0.05, 0.1) is 13.5 Å². The largest absolute Gasteiger partial charge is 0.496 e. The van der Waals surface area contributed by atoms with Crippen molar-refractivity contribution in [3.05, 3.63) is 95.9 Å². The molecule has 1 aliphatic rings. The molecule has 0 saturated carbocycles. The Kier molecular flexibility index (Phi) is 7.35. The average Bonchev–Trinajstić information content (AvgIpc) is 3.41. The van der Waals surface area contributed by atoms with Crippen molar-refractivity contribution in [1.82, 2.24) is 19.6 Å². The van der Waals surface area contributed by atoms with E-state index in [4.69, 9.17) is 4.74 Å². The van der Waals surface area contributed by atoms with Crippen LogP contribution >= 0.6 is 0 Å². The molecule has 0 atom stereocenters. The molecule has 2 N–H and O–H groups in total. The van der Waals surface area contributed by atoms with Gasteiger partial charge < -0.3 is 24.7 Å². The van der Waals surface area contributed by atoms with Crippen LogP contribution in [-0.2, 0) is 17.8 Å². The number of imidazole rings is 1. The van der Waals surface area contributed by atoms with Crippen molar-refractivity contribution < 1.29 is 14.3 Å². The first-order valence-electron chi connectivity index (χ1n) is 12.5. The molecule has 3 amide bonds. The first-order valence-corrected chi connectivity index (χ1v) is 12.5. The Morgan fingerprint density at radius 2 is 1.81 bits per heavy atom. The Bertz CT molecular complexity index is 1370. The summed E-state index contributed by atoms with van der Waals surface area (Å²) in [5, 5.41) is 5.78. The number of hydrogen-bond acceptors (Lipinski definition) is 4. The number of para-hydroxylation sites is 1. The van der Waals surface area contributed by atoms with Gasteiger partial charge in [-0.05, 0) is 60.2 Å². The Morgan fingerprint density at radius 3 is 2.59 bits per heavy atom. The van der Waals surface area contributed by atoms with Gasteiger partial charge in [-0.25, -0.2) is 9.78 Å². The maximum absolute atomic E-state index is 12.8. The molecule has 0 unspecified atom stereocenters. The zero-order chi connectivity index (χ0) is 25.6. The van der Waals surface area contributed by atoms with Crippen molar-refractivity contribution in [3.63, 3.8) is 0 Å². The Balaban J connectivity index is 1.08. The number of ether oxygens (including phenoxy) is 1. The summed E-state index contributed by atoms with van der Waals surface area (Å²) >= 11 is 0. The fourth-order valence-corrected chi connectivity index (χ4v) is 4.84. The number of methoxy groups -OCH3 is 1. The molecule has 8 heteroatoms. The van der Waals surface area contributed by atoms with E-state index in [0.717, 1.165) is 54.1 Å². The van der Waals surface area contributed by atoms with E-state index in [-0.39, 0.29) is 11.9 Å². The molecule has 190 valence electrons. The van der Waals surface area contributed by atoms with Gasteiger partial charge >= 0.3 is 6.03 Å². The molecule has 5 rings (SSSR count). The van der Waals surface area contributed by atoms with Gasteiger partial charge in [0, 0.05) is 49.5 Å². The van der Waals surface area contributed by atoms with Gasteiger partial charge in [0.25, 0.3) is 0 Å². The zero-order valence-corrected chi connectivity index (χ0v) is 20.9. The molecule has 0 spiro atoms. The van der Waals surface area contributed by atoms with Crippen LogP contribution in [0.5, 0.6) is 5.75 Å². The maximum atomic E-state index is 12.8. The fraction of sp³-hybridized carbons (Fsp3) is 0.276. The summed E-state index contributed by atoms with van der Waals surface area (Å²) in [6.07, 6.45) is 7.76. The highest BCUT2D eigenvalue weighted by Crippen LogP contribution is 2.29. The van der Waals surface area contributed by atoms with Crippen molar-refractivity contribution in [2.75, 3.05) is 25.5 Å². The van der Waals surface area contributed by atoms with Gasteiger partial charge in [-0.3, -0.25) is 4.79 Å². The number of urea groups is 1. The van der Waals surface area contributed by atoms with E-state index in [2.05, 4.69) is 27.8 Å². The standard InChI is InChI=1S/C29H31N5O3/c1-37-26-5-3-2-4-24(26)19-28(35)34-15-11-23(12-16-34)22-6-8-25(9-7-22)32-29(36)31-20-21-10-14-33-17-13-30-27(33)18-21/h2-10,13-14,17-18,23H,11-12,15-16,19-20H2,1H3,(H2,31,32,36). The van der Waals surface area contributed by atoms with Crippen LogP contribution in [0.1, 0.15) is 35.4 Å². The highest BCUT2D eigenvalue weighted by atomic mass is 16.5. The van der Waals surface area contributed by atoms with Crippen LogP contribution in [0.3, 0.4) is 0 Å². The number of benzene rings is 2. The molecule has 0 aliphatic carbocycles. The Hall–Kier alpha value is -4.33. The summed E-state index contributed by atoms with van der Waals surface area (Å²) in [6.45, 7) is 1.90. The van der Waals surface area contributed by atoms with Crippen molar-refractivity contribution in [3.8, 4) is 5.75 Å². The quantitative estimate of drug-likeness (QED) is 0.390. The number of anilines is 1. The second kappa shape index (κ2) is 11.2. The third-order valence-corrected chi connectivity index (χ3v) is 6.94. The first kappa shape index (κ1) is 24.4. The second-order valence-corrected chi connectivity index (χ2v) is 9.30. The van der Waals surface area contributed by atoms with Crippen LogP contribution in [-0.4, -0.2) is 46.4 Å². The summed E-state index contributed by atoms with van der Waals surface area (Å²) in [6, 6.07) is 19.3. The Labute approximate surface area is 216 Å². The number of carbonyl (C=O) groups is 2. The molecule has 2 aromatic carbocycles. The molecule has 0 radical (unpaired) electrons. The molecule has 1 fully saturated rings. The summed E-state index contributed by atoms with van der Waals surface area (Å²) < 4.78 is 7.31. The summed E-state index contributed by atoms with van der Waals surface area (Å²) in [7, 11) is 1.63. The maximum Gasteiger partial charge on any atom is 0.319 e. The van der Waals surface area contributed by atoms with E-state index in [9.17, 15) is 9.59 Å². The van der Waals surface area contributed by atoms with Crippen molar-refractivity contribution in [2.24, 2.45) is 0 Å². The fourth-order valence-electron chi connectivity index (χ4n) is 4.84. The minimum absolute atomic E-state index is 0.137. The summed E-state index contributed by atoms with van der Waals surface area (Å²) in [5.74, 6) is 1.29. The van der Waals surface area contributed by atoms with E-state index in [0.29, 0.717) is 18.9 Å². The average molecular weight is 498 g/mol. The number of fused-ring (bicyclic) bond motifs is 1.